The van der Waals surface area contributed by atoms with E-state index < -0.39 is 0 Å². The van der Waals surface area contributed by atoms with Gasteiger partial charge in [-0.05, 0) is 24.7 Å². The van der Waals surface area contributed by atoms with E-state index in [0.717, 1.165) is 24.3 Å². The predicted molar refractivity (Wildman–Crippen MR) is 78.9 cm³/mol. The molecule has 1 aromatic heterocycles. The van der Waals surface area contributed by atoms with Crippen molar-refractivity contribution >= 4 is 22.5 Å². The van der Waals surface area contributed by atoms with Gasteiger partial charge < -0.3 is 10.0 Å². The fraction of sp³-hybridized carbons (Fsp3) is 0.769. The Hall–Kier alpha value is -1.21. The number of nitrogens with zero attached hydrogens (tertiary/aromatic N) is 3. The maximum Gasteiger partial charge on any atom is 0.323 e. The van der Waals surface area contributed by atoms with Crippen LogP contribution in [0.15, 0.2) is 0 Å². The summed E-state index contributed by atoms with van der Waals surface area (Å²) in [5.74, 6) is 0.863. The maximum atomic E-state index is 12.1. The number of likely N-dealkylation sites (tertiary alicyclic amines) is 1. The van der Waals surface area contributed by atoms with Gasteiger partial charge in [0.25, 0.3) is 0 Å². The molecule has 112 valence electrons. The molecule has 1 fully saturated rings. The van der Waals surface area contributed by atoms with Crippen LogP contribution in [0.2, 0.25) is 0 Å². The van der Waals surface area contributed by atoms with E-state index in [1.54, 1.807) is 4.90 Å². The number of aliphatic hydroxyl groups is 1. The molecule has 1 aliphatic heterocycles. The van der Waals surface area contributed by atoms with Crippen molar-refractivity contribution in [3.8, 4) is 0 Å². The van der Waals surface area contributed by atoms with Crippen LogP contribution in [0.25, 0.3) is 0 Å². The van der Waals surface area contributed by atoms with Crippen molar-refractivity contribution in [2.45, 2.75) is 33.1 Å². The summed E-state index contributed by atoms with van der Waals surface area (Å²) in [5, 5.41) is 21.5. The van der Waals surface area contributed by atoms with Gasteiger partial charge in [-0.2, -0.15) is 0 Å². The summed E-state index contributed by atoms with van der Waals surface area (Å²) in [5.41, 5.74) is 0. The number of nitrogens with one attached hydrogen (secondary N) is 1. The van der Waals surface area contributed by atoms with Crippen molar-refractivity contribution < 1.29 is 9.90 Å². The van der Waals surface area contributed by atoms with Crippen molar-refractivity contribution in [3.05, 3.63) is 5.01 Å². The molecule has 1 saturated heterocycles. The first kappa shape index (κ1) is 15.2. The van der Waals surface area contributed by atoms with Gasteiger partial charge in [0.1, 0.15) is 5.01 Å². The zero-order valence-electron chi connectivity index (χ0n) is 12.0. The fourth-order valence-corrected chi connectivity index (χ4v) is 3.17. The van der Waals surface area contributed by atoms with Crippen molar-refractivity contribution in [2.24, 2.45) is 11.8 Å². The SMILES string of the molecule is CC(C)Cc1nnc(NC(=O)N2CCC(CO)CC2)s1. The molecule has 2 rings (SSSR count). The molecule has 0 bridgehead atoms. The van der Waals surface area contributed by atoms with Gasteiger partial charge in [0.2, 0.25) is 5.13 Å². The van der Waals surface area contributed by atoms with Gasteiger partial charge in [-0.3, -0.25) is 5.32 Å². The highest BCUT2D eigenvalue weighted by Crippen LogP contribution is 2.20. The van der Waals surface area contributed by atoms with E-state index in [9.17, 15) is 4.79 Å². The average Bonchev–Trinajstić information content (AvgIpc) is 2.85. The van der Waals surface area contributed by atoms with E-state index in [2.05, 4.69) is 29.4 Å². The smallest absolute Gasteiger partial charge is 0.323 e. The number of aliphatic hydroxyl groups excluding tert-OH is 1. The third-order valence-electron chi connectivity index (χ3n) is 3.42. The first-order chi connectivity index (χ1) is 9.58. The molecule has 2 heterocycles. The summed E-state index contributed by atoms with van der Waals surface area (Å²) < 4.78 is 0. The Kier molecular flexibility index (Phi) is 5.31. The van der Waals surface area contributed by atoms with Crippen LogP contribution in [0.5, 0.6) is 0 Å². The summed E-state index contributed by atoms with van der Waals surface area (Å²) in [6, 6.07) is -0.117. The van der Waals surface area contributed by atoms with Gasteiger partial charge in [-0.1, -0.05) is 25.2 Å². The molecular weight excluding hydrogens is 276 g/mol. The van der Waals surface area contributed by atoms with Crippen molar-refractivity contribution in [3.63, 3.8) is 0 Å². The van der Waals surface area contributed by atoms with Crippen LogP contribution >= 0.6 is 11.3 Å². The molecule has 0 aliphatic carbocycles. The fourth-order valence-electron chi connectivity index (χ4n) is 2.23. The zero-order chi connectivity index (χ0) is 14.5. The number of hydrogen-bond donors (Lipinski definition) is 2. The van der Waals surface area contributed by atoms with Crippen molar-refractivity contribution in [1.82, 2.24) is 15.1 Å². The van der Waals surface area contributed by atoms with Gasteiger partial charge in [-0.25, -0.2) is 4.79 Å². The Morgan fingerprint density at radius 1 is 1.45 bits per heavy atom. The second-order valence-electron chi connectivity index (χ2n) is 5.64. The monoisotopic (exact) mass is 298 g/mol. The molecule has 0 spiro atoms. The van der Waals surface area contributed by atoms with Crippen LogP contribution in [0.4, 0.5) is 9.93 Å². The largest absolute Gasteiger partial charge is 0.396 e. The molecule has 0 unspecified atom stereocenters. The third kappa shape index (κ3) is 4.14. The number of aromatic nitrogens is 2. The van der Waals surface area contributed by atoms with Gasteiger partial charge in [-0.15, -0.1) is 10.2 Å². The van der Waals surface area contributed by atoms with E-state index in [-0.39, 0.29) is 12.6 Å². The van der Waals surface area contributed by atoms with Crippen LogP contribution < -0.4 is 5.32 Å². The third-order valence-corrected chi connectivity index (χ3v) is 4.28. The van der Waals surface area contributed by atoms with E-state index in [1.165, 1.54) is 11.3 Å². The first-order valence-electron chi connectivity index (χ1n) is 7.07. The number of rotatable bonds is 4. The molecule has 1 aliphatic rings. The highest BCUT2D eigenvalue weighted by atomic mass is 32.1. The number of carbonyl (C=O) groups is 1. The molecule has 6 nitrogen and oxygen atoms in total. The number of carbonyl (C=O) groups excluding carboxylic acids is 1. The lowest BCUT2D eigenvalue weighted by Crippen LogP contribution is -2.41. The number of urea groups is 1. The highest BCUT2D eigenvalue weighted by molar-refractivity contribution is 7.15. The Bertz CT molecular complexity index is 441. The Balaban J connectivity index is 1.84. The predicted octanol–water partition coefficient (Wildman–Crippen LogP) is 1.97. The standard InChI is InChI=1S/C13H22N4O2S/c1-9(2)7-11-15-16-12(20-11)14-13(19)17-5-3-10(8-18)4-6-17/h9-10,18H,3-8H2,1-2H3,(H,14,16,19). The molecule has 20 heavy (non-hydrogen) atoms. The molecule has 0 radical (unpaired) electrons. The van der Waals surface area contributed by atoms with Crippen LogP contribution in [-0.2, 0) is 6.42 Å². The zero-order valence-corrected chi connectivity index (χ0v) is 12.8. The summed E-state index contributed by atoms with van der Waals surface area (Å²) in [7, 11) is 0. The van der Waals surface area contributed by atoms with E-state index >= 15 is 0 Å². The number of anilines is 1. The minimum absolute atomic E-state index is 0.117. The van der Waals surface area contributed by atoms with Crippen LogP contribution in [-0.4, -0.2) is 45.9 Å². The van der Waals surface area contributed by atoms with Crippen LogP contribution in [0, 0.1) is 11.8 Å². The quantitative estimate of drug-likeness (QED) is 0.891. The van der Waals surface area contributed by atoms with Gasteiger partial charge in [0, 0.05) is 26.1 Å². The molecule has 0 atom stereocenters. The van der Waals surface area contributed by atoms with Gasteiger partial charge >= 0.3 is 6.03 Å². The minimum Gasteiger partial charge on any atom is -0.396 e. The van der Waals surface area contributed by atoms with Crippen molar-refractivity contribution in [1.29, 1.82) is 0 Å². The molecular formula is C13H22N4O2S. The summed E-state index contributed by atoms with van der Waals surface area (Å²) in [6.45, 7) is 5.85. The van der Waals surface area contributed by atoms with E-state index in [0.29, 0.717) is 30.1 Å². The van der Waals surface area contributed by atoms with Crippen LogP contribution in [0.1, 0.15) is 31.7 Å². The average molecular weight is 298 g/mol. The highest BCUT2D eigenvalue weighted by Gasteiger charge is 2.23. The molecule has 7 heteroatoms. The first-order valence-corrected chi connectivity index (χ1v) is 7.89. The second kappa shape index (κ2) is 6.99. The van der Waals surface area contributed by atoms with E-state index in [1.807, 2.05) is 0 Å². The number of piperidine rings is 1. The summed E-state index contributed by atoms with van der Waals surface area (Å²) in [4.78, 5) is 13.9. The number of amides is 2. The van der Waals surface area contributed by atoms with Gasteiger partial charge in [0.15, 0.2) is 0 Å². The molecule has 2 amide bonds. The molecule has 2 N–H and O–H groups in total. The summed E-state index contributed by atoms with van der Waals surface area (Å²) in [6.07, 6.45) is 2.60. The van der Waals surface area contributed by atoms with Crippen molar-refractivity contribution in [2.75, 3.05) is 25.0 Å². The minimum atomic E-state index is -0.117. The van der Waals surface area contributed by atoms with E-state index in [4.69, 9.17) is 5.11 Å². The lowest BCUT2D eigenvalue weighted by molar-refractivity contribution is 0.143. The number of hydrogen-bond acceptors (Lipinski definition) is 5. The lowest BCUT2D eigenvalue weighted by atomic mass is 9.98. The molecule has 0 aromatic carbocycles. The molecule has 1 aromatic rings. The Morgan fingerprint density at radius 3 is 2.75 bits per heavy atom. The topological polar surface area (TPSA) is 78.4 Å². The Morgan fingerprint density at radius 2 is 2.15 bits per heavy atom. The lowest BCUT2D eigenvalue weighted by Gasteiger charge is -2.30. The molecule has 0 saturated carbocycles. The second-order valence-corrected chi connectivity index (χ2v) is 6.70. The van der Waals surface area contributed by atoms with Gasteiger partial charge in [0.05, 0.1) is 0 Å². The Labute approximate surface area is 123 Å². The van der Waals surface area contributed by atoms with Crippen LogP contribution in [0.3, 0.4) is 0 Å². The normalized spacial score (nSPS) is 16.7. The maximum absolute atomic E-state index is 12.1. The summed E-state index contributed by atoms with van der Waals surface area (Å²) >= 11 is 1.44.